The van der Waals surface area contributed by atoms with Crippen molar-refractivity contribution in [3.05, 3.63) is 0 Å². The van der Waals surface area contributed by atoms with Gasteiger partial charge < -0.3 is 19.7 Å². The second kappa shape index (κ2) is 31.1. The van der Waals surface area contributed by atoms with Gasteiger partial charge in [-0.3, -0.25) is 0 Å². The van der Waals surface area contributed by atoms with E-state index in [0.29, 0.717) is 19.6 Å². The van der Waals surface area contributed by atoms with Crippen LogP contribution in [0.3, 0.4) is 0 Å². The topological polar surface area (TPSA) is 58.9 Å². The summed E-state index contributed by atoms with van der Waals surface area (Å²) in [7, 11) is 0. The standard InChI is InChI=1S/C32H66O4/c1-3-5-7-9-11-13-15-17-18-20-22-24-27-35-29-26-32(31(34)30-33)36-28-25-23-21-19-16-14-12-10-8-6-4-2/h31-34H,3-30H2,1-2H3. The summed E-state index contributed by atoms with van der Waals surface area (Å²) in [5.74, 6) is 0. The maximum absolute atomic E-state index is 10.1. The van der Waals surface area contributed by atoms with Crippen molar-refractivity contribution in [2.75, 3.05) is 26.4 Å². The molecule has 0 amide bonds. The van der Waals surface area contributed by atoms with Crippen LogP contribution in [0.15, 0.2) is 0 Å². The fourth-order valence-electron chi connectivity index (χ4n) is 4.85. The lowest BCUT2D eigenvalue weighted by Crippen LogP contribution is -2.33. The first-order valence-corrected chi connectivity index (χ1v) is 16.2. The molecule has 2 N–H and O–H groups in total. The third-order valence-corrected chi connectivity index (χ3v) is 7.38. The van der Waals surface area contributed by atoms with Gasteiger partial charge in [-0.15, -0.1) is 0 Å². The Labute approximate surface area is 226 Å². The van der Waals surface area contributed by atoms with Crippen LogP contribution in [0.5, 0.6) is 0 Å². The zero-order chi connectivity index (χ0) is 26.4. The van der Waals surface area contributed by atoms with Crippen molar-refractivity contribution < 1.29 is 19.7 Å². The smallest absolute Gasteiger partial charge is 0.103 e. The van der Waals surface area contributed by atoms with Gasteiger partial charge in [-0.25, -0.2) is 0 Å². The van der Waals surface area contributed by atoms with Gasteiger partial charge in [-0.05, 0) is 19.3 Å². The van der Waals surface area contributed by atoms with Crippen LogP contribution >= 0.6 is 0 Å². The molecule has 0 aromatic carbocycles. The molecule has 0 aliphatic carbocycles. The summed E-state index contributed by atoms with van der Waals surface area (Å²) < 4.78 is 11.7. The van der Waals surface area contributed by atoms with Crippen LogP contribution in [0.25, 0.3) is 0 Å². The first-order valence-electron chi connectivity index (χ1n) is 16.2. The van der Waals surface area contributed by atoms with Crippen molar-refractivity contribution in [3.63, 3.8) is 0 Å². The summed E-state index contributed by atoms with van der Waals surface area (Å²) >= 11 is 0. The number of aliphatic hydroxyl groups is 2. The molecule has 2 unspecified atom stereocenters. The molecule has 0 heterocycles. The van der Waals surface area contributed by atoms with E-state index in [9.17, 15) is 10.2 Å². The van der Waals surface area contributed by atoms with E-state index in [2.05, 4.69) is 13.8 Å². The molecule has 4 heteroatoms. The lowest BCUT2D eigenvalue weighted by molar-refractivity contribution is -0.0714. The fourth-order valence-corrected chi connectivity index (χ4v) is 4.85. The quantitative estimate of drug-likeness (QED) is 0.0905. The molecule has 0 rings (SSSR count). The minimum absolute atomic E-state index is 0.248. The van der Waals surface area contributed by atoms with Gasteiger partial charge in [0.25, 0.3) is 0 Å². The van der Waals surface area contributed by atoms with Crippen LogP contribution in [0.4, 0.5) is 0 Å². The Hall–Kier alpha value is -0.160. The summed E-state index contributed by atoms with van der Waals surface area (Å²) in [6.07, 6.45) is 30.2. The average molecular weight is 515 g/mol. The molecule has 36 heavy (non-hydrogen) atoms. The van der Waals surface area contributed by atoms with Crippen molar-refractivity contribution in [1.82, 2.24) is 0 Å². The molecule has 4 nitrogen and oxygen atoms in total. The molecule has 0 bridgehead atoms. The Morgan fingerprint density at radius 1 is 0.472 bits per heavy atom. The Morgan fingerprint density at radius 2 is 0.833 bits per heavy atom. The number of hydrogen-bond acceptors (Lipinski definition) is 4. The molecule has 0 fully saturated rings. The van der Waals surface area contributed by atoms with Crippen molar-refractivity contribution in [1.29, 1.82) is 0 Å². The molecule has 2 atom stereocenters. The van der Waals surface area contributed by atoms with E-state index in [1.54, 1.807) is 0 Å². The molecule has 0 saturated carbocycles. The highest BCUT2D eigenvalue weighted by atomic mass is 16.5. The SMILES string of the molecule is CCCCCCCCCCCCCCOCCC(OCCCCCCCCCCCCC)C(O)CO. The third kappa shape index (κ3) is 26.9. The van der Waals surface area contributed by atoms with Crippen molar-refractivity contribution in [3.8, 4) is 0 Å². The van der Waals surface area contributed by atoms with E-state index >= 15 is 0 Å². The number of rotatable bonds is 31. The minimum Gasteiger partial charge on any atom is -0.394 e. The van der Waals surface area contributed by atoms with Crippen molar-refractivity contribution >= 4 is 0 Å². The molecule has 0 aliphatic rings. The summed E-state index contributed by atoms with van der Waals surface area (Å²) in [5.41, 5.74) is 0. The Bertz CT molecular complexity index is 390. The second-order valence-corrected chi connectivity index (χ2v) is 11.0. The average Bonchev–Trinajstić information content (AvgIpc) is 2.89. The van der Waals surface area contributed by atoms with Gasteiger partial charge in [0, 0.05) is 19.8 Å². The normalized spacial score (nSPS) is 13.3. The molecule has 0 saturated heterocycles. The summed E-state index contributed by atoms with van der Waals surface area (Å²) in [6.45, 7) is 6.35. The van der Waals surface area contributed by atoms with E-state index in [1.807, 2.05) is 0 Å². The Kier molecular flexibility index (Phi) is 30.9. The van der Waals surface area contributed by atoms with Gasteiger partial charge in [0.2, 0.25) is 0 Å². The first-order chi connectivity index (χ1) is 17.8. The molecule has 0 spiro atoms. The van der Waals surface area contributed by atoms with Gasteiger partial charge in [0.15, 0.2) is 0 Å². The van der Waals surface area contributed by atoms with Crippen LogP contribution < -0.4 is 0 Å². The largest absolute Gasteiger partial charge is 0.394 e. The number of aliphatic hydroxyl groups excluding tert-OH is 2. The van der Waals surface area contributed by atoms with Gasteiger partial charge in [0.05, 0.1) is 12.7 Å². The maximum atomic E-state index is 10.1. The monoisotopic (exact) mass is 514 g/mol. The van der Waals surface area contributed by atoms with E-state index in [4.69, 9.17) is 9.47 Å². The van der Waals surface area contributed by atoms with E-state index in [1.165, 1.54) is 135 Å². The van der Waals surface area contributed by atoms with Gasteiger partial charge in [-0.2, -0.15) is 0 Å². The summed E-state index contributed by atoms with van der Waals surface area (Å²) in [5, 5.41) is 19.4. The van der Waals surface area contributed by atoms with E-state index in [-0.39, 0.29) is 12.7 Å². The minimum atomic E-state index is -0.812. The highest BCUT2D eigenvalue weighted by molar-refractivity contribution is 4.68. The molecule has 0 aromatic heterocycles. The third-order valence-electron chi connectivity index (χ3n) is 7.38. The van der Waals surface area contributed by atoms with Crippen molar-refractivity contribution in [2.24, 2.45) is 0 Å². The predicted octanol–water partition coefficient (Wildman–Crippen LogP) is 9.14. The van der Waals surface area contributed by atoms with Crippen LogP contribution in [0, 0.1) is 0 Å². The summed E-state index contributed by atoms with van der Waals surface area (Å²) in [6, 6.07) is 0. The molecule has 0 aromatic rings. The van der Waals surface area contributed by atoms with E-state index < -0.39 is 6.10 Å². The van der Waals surface area contributed by atoms with Gasteiger partial charge in [0.1, 0.15) is 6.10 Å². The van der Waals surface area contributed by atoms with Gasteiger partial charge >= 0.3 is 0 Å². The lowest BCUT2D eigenvalue weighted by atomic mass is 10.1. The molecular formula is C32H66O4. The van der Waals surface area contributed by atoms with E-state index in [0.717, 1.165) is 19.4 Å². The lowest BCUT2D eigenvalue weighted by Gasteiger charge is -2.22. The zero-order valence-corrected chi connectivity index (χ0v) is 24.7. The highest BCUT2D eigenvalue weighted by Gasteiger charge is 2.18. The van der Waals surface area contributed by atoms with Crippen LogP contribution in [-0.2, 0) is 9.47 Å². The summed E-state index contributed by atoms with van der Waals surface area (Å²) in [4.78, 5) is 0. The van der Waals surface area contributed by atoms with Crippen molar-refractivity contribution in [2.45, 2.75) is 180 Å². The van der Waals surface area contributed by atoms with Crippen LogP contribution in [0.2, 0.25) is 0 Å². The number of ether oxygens (including phenoxy) is 2. The predicted molar refractivity (Wildman–Crippen MR) is 156 cm³/mol. The highest BCUT2D eigenvalue weighted by Crippen LogP contribution is 2.14. The Morgan fingerprint density at radius 3 is 1.22 bits per heavy atom. The molecule has 218 valence electrons. The number of unbranched alkanes of at least 4 members (excludes halogenated alkanes) is 21. The maximum Gasteiger partial charge on any atom is 0.103 e. The molecular weight excluding hydrogens is 448 g/mol. The molecule has 0 aliphatic heterocycles. The van der Waals surface area contributed by atoms with Crippen LogP contribution in [-0.4, -0.2) is 48.8 Å². The van der Waals surface area contributed by atoms with Crippen LogP contribution in [0.1, 0.15) is 168 Å². The fraction of sp³-hybridized carbons (Fsp3) is 1.00. The molecule has 0 radical (unpaired) electrons. The zero-order valence-electron chi connectivity index (χ0n) is 24.7. The van der Waals surface area contributed by atoms with Gasteiger partial charge in [-0.1, -0.05) is 149 Å². The first kappa shape index (κ1) is 35.8. The number of hydrogen-bond donors (Lipinski definition) is 2. The Balaban J connectivity index is 3.50. The second-order valence-electron chi connectivity index (χ2n) is 11.0.